The van der Waals surface area contributed by atoms with E-state index in [1.807, 2.05) is 6.92 Å². The van der Waals surface area contributed by atoms with Gasteiger partial charge in [-0.1, -0.05) is 6.92 Å². The van der Waals surface area contributed by atoms with E-state index in [1.165, 1.54) is 12.8 Å². The number of hydrogen-bond acceptors (Lipinski definition) is 3. The van der Waals surface area contributed by atoms with Crippen molar-refractivity contribution < 1.29 is 4.74 Å². The van der Waals surface area contributed by atoms with Crippen molar-refractivity contribution in [3.8, 4) is 6.07 Å². The quantitative estimate of drug-likeness (QED) is 0.700. The second kappa shape index (κ2) is 5.95. The summed E-state index contributed by atoms with van der Waals surface area (Å²) >= 11 is 0. The molecule has 13 heavy (non-hydrogen) atoms. The Morgan fingerprint density at radius 3 is 3.08 bits per heavy atom. The standard InChI is InChI=1S/C10H18N2O/c1-2-9(8-11)12-6-5-10-4-3-7-13-10/h9-10,12H,2-7H2,1H3. The van der Waals surface area contributed by atoms with Crippen LogP contribution in [0.2, 0.25) is 0 Å². The number of nitriles is 1. The lowest BCUT2D eigenvalue weighted by atomic mass is 10.1. The van der Waals surface area contributed by atoms with Crippen LogP contribution in [0.4, 0.5) is 0 Å². The molecule has 1 fully saturated rings. The molecule has 0 radical (unpaired) electrons. The van der Waals surface area contributed by atoms with Crippen molar-refractivity contribution in [3.05, 3.63) is 0 Å². The fourth-order valence-electron chi connectivity index (χ4n) is 1.57. The summed E-state index contributed by atoms with van der Waals surface area (Å²) in [6.07, 6.45) is 4.73. The van der Waals surface area contributed by atoms with Gasteiger partial charge in [-0.15, -0.1) is 0 Å². The second-order valence-electron chi connectivity index (χ2n) is 3.47. The Hall–Kier alpha value is -0.590. The third kappa shape index (κ3) is 3.75. The molecule has 3 heteroatoms. The number of hydrogen-bond donors (Lipinski definition) is 1. The first-order chi connectivity index (χ1) is 6.36. The molecule has 0 spiro atoms. The molecule has 1 saturated heterocycles. The van der Waals surface area contributed by atoms with Crippen LogP contribution in [0, 0.1) is 11.3 Å². The van der Waals surface area contributed by atoms with Gasteiger partial charge in [0.25, 0.3) is 0 Å². The zero-order chi connectivity index (χ0) is 9.52. The van der Waals surface area contributed by atoms with Crippen molar-refractivity contribution >= 4 is 0 Å². The summed E-state index contributed by atoms with van der Waals surface area (Å²) in [6.45, 7) is 3.84. The highest BCUT2D eigenvalue weighted by Crippen LogP contribution is 2.14. The van der Waals surface area contributed by atoms with Gasteiger partial charge in [0, 0.05) is 6.61 Å². The Bertz CT molecular complexity index is 170. The predicted octanol–water partition coefficient (Wildman–Crippen LogP) is 1.45. The summed E-state index contributed by atoms with van der Waals surface area (Å²) in [7, 11) is 0. The SMILES string of the molecule is CCC(C#N)NCCC1CCCO1. The Morgan fingerprint density at radius 1 is 1.69 bits per heavy atom. The zero-order valence-electron chi connectivity index (χ0n) is 8.25. The smallest absolute Gasteiger partial charge is 0.0950 e. The van der Waals surface area contributed by atoms with E-state index in [0.29, 0.717) is 6.10 Å². The molecule has 3 nitrogen and oxygen atoms in total. The summed E-state index contributed by atoms with van der Waals surface area (Å²) in [4.78, 5) is 0. The maximum Gasteiger partial charge on any atom is 0.0950 e. The fourth-order valence-corrected chi connectivity index (χ4v) is 1.57. The molecule has 0 aromatic carbocycles. The van der Waals surface area contributed by atoms with Crippen LogP contribution < -0.4 is 5.32 Å². The lowest BCUT2D eigenvalue weighted by Crippen LogP contribution is -2.29. The summed E-state index contributed by atoms with van der Waals surface area (Å²) in [6, 6.07) is 2.24. The predicted molar refractivity (Wildman–Crippen MR) is 51.3 cm³/mol. The Labute approximate surface area is 80.1 Å². The summed E-state index contributed by atoms with van der Waals surface area (Å²) in [5.74, 6) is 0. The van der Waals surface area contributed by atoms with E-state index >= 15 is 0 Å². The van der Waals surface area contributed by atoms with E-state index in [9.17, 15) is 0 Å². The van der Waals surface area contributed by atoms with Crippen LogP contribution >= 0.6 is 0 Å². The van der Waals surface area contributed by atoms with Crippen molar-refractivity contribution in [1.29, 1.82) is 5.26 Å². The average molecular weight is 182 g/mol. The molecule has 2 unspecified atom stereocenters. The van der Waals surface area contributed by atoms with Gasteiger partial charge in [-0.05, 0) is 32.2 Å². The molecule has 1 aliphatic heterocycles. The van der Waals surface area contributed by atoms with Crippen LogP contribution in [-0.4, -0.2) is 25.3 Å². The highest BCUT2D eigenvalue weighted by molar-refractivity contribution is 4.88. The second-order valence-corrected chi connectivity index (χ2v) is 3.47. The number of rotatable bonds is 5. The number of ether oxygens (including phenoxy) is 1. The van der Waals surface area contributed by atoms with Crippen LogP contribution in [0.1, 0.15) is 32.6 Å². The lowest BCUT2D eigenvalue weighted by molar-refractivity contribution is 0.104. The molecule has 0 saturated carbocycles. The maximum atomic E-state index is 8.67. The highest BCUT2D eigenvalue weighted by Gasteiger charge is 2.15. The van der Waals surface area contributed by atoms with Gasteiger partial charge in [0.1, 0.15) is 0 Å². The van der Waals surface area contributed by atoms with Gasteiger partial charge >= 0.3 is 0 Å². The fraction of sp³-hybridized carbons (Fsp3) is 0.900. The van der Waals surface area contributed by atoms with Crippen LogP contribution in [0.3, 0.4) is 0 Å². The van der Waals surface area contributed by atoms with Crippen LogP contribution in [0.15, 0.2) is 0 Å². The van der Waals surface area contributed by atoms with Crippen molar-refractivity contribution in [2.24, 2.45) is 0 Å². The third-order valence-electron chi connectivity index (χ3n) is 2.45. The minimum atomic E-state index is 0.0152. The number of nitrogens with zero attached hydrogens (tertiary/aromatic N) is 1. The average Bonchev–Trinajstić information content (AvgIpc) is 2.65. The Balaban J connectivity index is 2.02. The van der Waals surface area contributed by atoms with Crippen molar-refractivity contribution in [2.75, 3.05) is 13.2 Å². The van der Waals surface area contributed by atoms with Crippen LogP contribution in [0.5, 0.6) is 0 Å². The molecule has 0 aromatic heterocycles. The van der Waals surface area contributed by atoms with Gasteiger partial charge in [-0.3, -0.25) is 0 Å². The molecular weight excluding hydrogens is 164 g/mol. The van der Waals surface area contributed by atoms with Crippen LogP contribution in [-0.2, 0) is 4.74 Å². The highest BCUT2D eigenvalue weighted by atomic mass is 16.5. The van der Waals surface area contributed by atoms with Crippen molar-refractivity contribution in [2.45, 2.75) is 44.8 Å². The van der Waals surface area contributed by atoms with Gasteiger partial charge in [0.15, 0.2) is 0 Å². The summed E-state index contributed by atoms with van der Waals surface area (Å²) in [5.41, 5.74) is 0. The van der Waals surface area contributed by atoms with Gasteiger partial charge in [-0.25, -0.2) is 0 Å². The van der Waals surface area contributed by atoms with E-state index in [4.69, 9.17) is 10.00 Å². The Morgan fingerprint density at radius 2 is 2.54 bits per heavy atom. The molecule has 0 amide bonds. The van der Waals surface area contributed by atoms with E-state index in [-0.39, 0.29) is 6.04 Å². The van der Waals surface area contributed by atoms with Gasteiger partial charge < -0.3 is 10.1 Å². The van der Waals surface area contributed by atoms with Gasteiger partial charge in [-0.2, -0.15) is 5.26 Å². The molecule has 0 aliphatic carbocycles. The van der Waals surface area contributed by atoms with Crippen LogP contribution in [0.25, 0.3) is 0 Å². The monoisotopic (exact) mass is 182 g/mol. The largest absolute Gasteiger partial charge is 0.378 e. The lowest BCUT2D eigenvalue weighted by Gasteiger charge is -2.12. The van der Waals surface area contributed by atoms with E-state index < -0.39 is 0 Å². The summed E-state index contributed by atoms with van der Waals surface area (Å²) < 4.78 is 5.48. The molecule has 74 valence electrons. The van der Waals surface area contributed by atoms with E-state index in [1.54, 1.807) is 0 Å². The minimum Gasteiger partial charge on any atom is -0.378 e. The first-order valence-electron chi connectivity index (χ1n) is 5.11. The first-order valence-corrected chi connectivity index (χ1v) is 5.11. The van der Waals surface area contributed by atoms with Gasteiger partial charge in [0.2, 0.25) is 0 Å². The third-order valence-corrected chi connectivity index (χ3v) is 2.45. The van der Waals surface area contributed by atoms with Crippen molar-refractivity contribution in [3.63, 3.8) is 0 Å². The molecule has 1 rings (SSSR count). The minimum absolute atomic E-state index is 0.0152. The molecule has 0 bridgehead atoms. The topological polar surface area (TPSA) is 45.0 Å². The van der Waals surface area contributed by atoms with E-state index in [0.717, 1.165) is 26.0 Å². The summed E-state index contributed by atoms with van der Waals surface area (Å²) in [5, 5.41) is 11.9. The normalized spacial score (nSPS) is 24.2. The number of nitrogens with one attached hydrogen (secondary N) is 1. The molecule has 1 aliphatic rings. The van der Waals surface area contributed by atoms with Crippen molar-refractivity contribution in [1.82, 2.24) is 5.32 Å². The zero-order valence-corrected chi connectivity index (χ0v) is 8.25. The van der Waals surface area contributed by atoms with E-state index in [2.05, 4.69) is 11.4 Å². The van der Waals surface area contributed by atoms with Gasteiger partial charge in [0.05, 0.1) is 18.2 Å². The molecule has 2 atom stereocenters. The molecule has 0 aromatic rings. The first kappa shape index (κ1) is 10.5. The molecule has 1 heterocycles. The molecular formula is C10H18N2O. The Kier molecular flexibility index (Phi) is 4.81. The molecule has 1 N–H and O–H groups in total. The maximum absolute atomic E-state index is 8.67.